The fraction of sp³-hybridized carbons (Fsp3) is 0.463. The molecule has 10 rings (SSSR count). The van der Waals surface area contributed by atoms with Crippen molar-refractivity contribution in [2.24, 2.45) is 16.7 Å². The number of carbonyl (C=O) groups excluding carboxylic acids is 5. The number of hydrogen-bond donors (Lipinski definition) is 3. The van der Waals surface area contributed by atoms with Gasteiger partial charge in [-0.2, -0.15) is 5.10 Å². The minimum absolute atomic E-state index is 0.0152. The number of carbonyl (C=O) groups is 5. The smallest absolute Gasteiger partial charge is 0.262 e. The third kappa shape index (κ3) is 5.18. The highest BCUT2D eigenvalue weighted by Gasteiger charge is 2.78. The van der Waals surface area contributed by atoms with E-state index in [4.69, 9.17) is 0 Å². The average molecular weight is 765 g/mol. The fourth-order valence-corrected chi connectivity index (χ4v) is 10.1. The number of benzene rings is 2. The van der Waals surface area contributed by atoms with Crippen LogP contribution in [0.25, 0.3) is 22.3 Å². The van der Waals surface area contributed by atoms with Crippen molar-refractivity contribution in [3.63, 3.8) is 0 Å². The summed E-state index contributed by atoms with van der Waals surface area (Å²) in [5.74, 6) is -5.38. The van der Waals surface area contributed by atoms with Gasteiger partial charge in [-0.1, -0.05) is 13.0 Å². The monoisotopic (exact) mass is 764 g/mol. The zero-order valence-corrected chi connectivity index (χ0v) is 31.2. The molecule has 0 bridgehead atoms. The van der Waals surface area contributed by atoms with Crippen LogP contribution in [-0.2, 0) is 27.2 Å². The lowest BCUT2D eigenvalue weighted by atomic mass is 9.78. The van der Waals surface area contributed by atoms with Crippen molar-refractivity contribution in [3.05, 3.63) is 64.8 Å². The van der Waals surface area contributed by atoms with Crippen LogP contribution in [0.4, 0.5) is 20.2 Å². The normalized spacial score (nSPS) is 26.4. The molecule has 1 unspecified atom stereocenters. The summed E-state index contributed by atoms with van der Waals surface area (Å²) < 4.78 is 29.0. The molecule has 6 aliphatic rings. The summed E-state index contributed by atoms with van der Waals surface area (Å²) in [5, 5.41) is 10.7. The van der Waals surface area contributed by atoms with Crippen LogP contribution in [-0.4, -0.2) is 106 Å². The van der Waals surface area contributed by atoms with Crippen molar-refractivity contribution >= 4 is 51.8 Å². The van der Waals surface area contributed by atoms with Gasteiger partial charge in [0, 0.05) is 77.8 Å². The molecule has 3 saturated heterocycles. The van der Waals surface area contributed by atoms with Gasteiger partial charge in [0.25, 0.3) is 17.7 Å². The van der Waals surface area contributed by atoms with Crippen molar-refractivity contribution in [1.82, 2.24) is 30.3 Å². The predicted molar refractivity (Wildman–Crippen MR) is 201 cm³/mol. The Hall–Kier alpha value is -5.44. The van der Waals surface area contributed by atoms with E-state index in [-0.39, 0.29) is 35.3 Å². The number of amides is 5. The first-order valence-electron chi connectivity index (χ1n) is 19.4. The van der Waals surface area contributed by atoms with E-state index in [9.17, 15) is 32.8 Å². The summed E-state index contributed by atoms with van der Waals surface area (Å²) >= 11 is 0. The van der Waals surface area contributed by atoms with Crippen molar-refractivity contribution in [2.45, 2.75) is 63.8 Å². The first-order valence-corrected chi connectivity index (χ1v) is 19.4. The number of halogens is 2. The van der Waals surface area contributed by atoms with Crippen LogP contribution in [0, 0.1) is 16.7 Å². The molecule has 3 atom stereocenters. The number of piperidine rings is 2. The third-order valence-electron chi connectivity index (χ3n) is 13.9. The maximum absolute atomic E-state index is 14.5. The molecule has 4 aromatic rings. The van der Waals surface area contributed by atoms with E-state index in [0.717, 1.165) is 89.6 Å². The molecule has 2 aliphatic carbocycles. The molecule has 4 fully saturated rings. The van der Waals surface area contributed by atoms with E-state index in [0.29, 0.717) is 25.1 Å². The van der Waals surface area contributed by atoms with Gasteiger partial charge >= 0.3 is 0 Å². The Morgan fingerprint density at radius 2 is 1.75 bits per heavy atom. The molecular weight excluding hydrogens is 722 g/mol. The van der Waals surface area contributed by atoms with Crippen LogP contribution in [0.5, 0.6) is 0 Å². The molecule has 13 nitrogen and oxygen atoms in total. The number of nitrogens with zero attached hydrogens (tertiary/aromatic N) is 5. The van der Waals surface area contributed by atoms with E-state index in [2.05, 4.69) is 30.3 Å². The average Bonchev–Trinajstić information content (AvgIpc) is 3.81. The van der Waals surface area contributed by atoms with Crippen LogP contribution < -0.4 is 15.1 Å². The van der Waals surface area contributed by atoms with Gasteiger partial charge in [-0.05, 0) is 87.0 Å². The number of aromatic amines is 2. The van der Waals surface area contributed by atoms with Crippen molar-refractivity contribution in [3.8, 4) is 11.4 Å². The summed E-state index contributed by atoms with van der Waals surface area (Å²) in [6.07, 6.45) is 3.62. The Labute approximate surface area is 320 Å². The number of anilines is 2. The topological polar surface area (TPSA) is 155 Å². The number of hydrogen-bond acceptors (Lipinski definition) is 8. The number of likely N-dealkylation sites (N-methyl/N-ethyl adjacent to an activating group) is 1. The number of nitrogens with one attached hydrogen (secondary N) is 3. The fourth-order valence-electron chi connectivity index (χ4n) is 10.1. The van der Waals surface area contributed by atoms with E-state index in [1.807, 2.05) is 30.3 Å². The third-order valence-corrected chi connectivity index (χ3v) is 13.9. The Morgan fingerprint density at radius 1 is 0.982 bits per heavy atom. The van der Waals surface area contributed by atoms with Crippen molar-refractivity contribution in [2.75, 3.05) is 49.6 Å². The SMILES string of the molecule is CN(C(=O)CN1CCC2(CC1)CCN(c1ccc3c(c1)C(=O)N(C1CCC(=O)NC1=O)C3=O)C2)c1ccc2cc(-c3n[nH]c4c3C[C@@H]3C(F)(F)[C@]3(C)C4)[nH]c2c1. The largest absolute Gasteiger partial charge is 0.371 e. The second-order valence-corrected chi connectivity index (χ2v) is 17.0. The number of alkyl halides is 2. The van der Waals surface area contributed by atoms with Gasteiger partial charge < -0.3 is 14.8 Å². The number of rotatable bonds is 6. The first kappa shape index (κ1) is 35.0. The number of H-pyrrole nitrogens is 2. The van der Waals surface area contributed by atoms with Gasteiger partial charge in [-0.25, -0.2) is 8.78 Å². The molecule has 3 N–H and O–H groups in total. The summed E-state index contributed by atoms with van der Waals surface area (Å²) in [4.78, 5) is 74.8. The molecule has 4 aliphatic heterocycles. The maximum atomic E-state index is 14.5. The lowest BCUT2D eigenvalue weighted by molar-refractivity contribution is -0.136. The zero-order chi connectivity index (χ0) is 38.9. The van der Waals surface area contributed by atoms with Gasteiger partial charge in [0.05, 0.1) is 23.4 Å². The van der Waals surface area contributed by atoms with E-state index < -0.39 is 46.9 Å². The van der Waals surface area contributed by atoms with Crippen LogP contribution in [0.2, 0.25) is 0 Å². The summed E-state index contributed by atoms with van der Waals surface area (Å²) in [5.41, 5.74) is 5.16. The molecule has 290 valence electrons. The highest BCUT2D eigenvalue weighted by Crippen LogP contribution is 2.70. The molecule has 0 radical (unpaired) electrons. The van der Waals surface area contributed by atoms with Crippen LogP contribution in [0.15, 0.2) is 42.5 Å². The highest BCUT2D eigenvalue weighted by molar-refractivity contribution is 6.23. The van der Waals surface area contributed by atoms with E-state index in [1.54, 1.807) is 31.0 Å². The van der Waals surface area contributed by atoms with Gasteiger partial charge in [-0.15, -0.1) is 0 Å². The minimum atomic E-state index is -2.66. The quantitative estimate of drug-likeness (QED) is 0.246. The molecule has 6 heterocycles. The molecular formula is C41H42F2N8O5. The standard InChI is InChI=1S/C41H42F2N8O5/c1-39-19-30-27(18-32(39)41(39,42)43)35(47-46-30)29-15-22-3-4-23(17-28(22)44-29)48(2)34(53)20-49-12-9-40(10-13-49)11-14-50(21-40)24-5-6-25-26(16-24)38(56)51(37(25)55)31-7-8-33(52)45-36(31)54/h3-6,15-17,31-32,44H,7-14,18-21H2,1-2H3,(H,46,47)(H,45,52,54)/t31?,32-,39+/m0/s1. The number of aromatic nitrogens is 3. The van der Waals surface area contributed by atoms with Crippen LogP contribution in [0.1, 0.15) is 71.0 Å². The lowest BCUT2D eigenvalue weighted by Gasteiger charge is -2.39. The maximum Gasteiger partial charge on any atom is 0.262 e. The Balaban J connectivity index is 0.757. The van der Waals surface area contributed by atoms with Gasteiger partial charge in [-0.3, -0.25) is 44.2 Å². The molecule has 2 aromatic carbocycles. The number of fused-ring (bicyclic) bond motifs is 4. The minimum Gasteiger partial charge on any atom is -0.371 e. The zero-order valence-electron chi connectivity index (χ0n) is 31.2. The summed E-state index contributed by atoms with van der Waals surface area (Å²) in [6.45, 7) is 5.12. The Bertz CT molecular complexity index is 2400. The first-order chi connectivity index (χ1) is 26.7. The Kier molecular flexibility index (Phi) is 7.52. The predicted octanol–water partition coefficient (Wildman–Crippen LogP) is 4.28. The van der Waals surface area contributed by atoms with Crippen molar-refractivity contribution < 1.29 is 32.8 Å². The van der Waals surface area contributed by atoms with E-state index >= 15 is 0 Å². The second-order valence-electron chi connectivity index (χ2n) is 17.0. The molecule has 56 heavy (non-hydrogen) atoms. The number of imide groups is 2. The molecule has 5 amide bonds. The van der Waals surface area contributed by atoms with Gasteiger partial charge in [0.1, 0.15) is 11.7 Å². The Morgan fingerprint density at radius 3 is 2.54 bits per heavy atom. The lowest BCUT2D eigenvalue weighted by Crippen LogP contribution is -2.54. The van der Waals surface area contributed by atoms with Crippen LogP contribution >= 0.6 is 0 Å². The molecule has 1 spiro atoms. The highest BCUT2D eigenvalue weighted by atomic mass is 19.3. The van der Waals surface area contributed by atoms with Crippen LogP contribution in [0.3, 0.4) is 0 Å². The molecule has 2 aromatic heterocycles. The summed E-state index contributed by atoms with van der Waals surface area (Å²) in [6, 6.07) is 12.1. The van der Waals surface area contributed by atoms with E-state index in [1.165, 1.54) is 0 Å². The molecule has 15 heteroatoms. The van der Waals surface area contributed by atoms with Crippen molar-refractivity contribution in [1.29, 1.82) is 0 Å². The van der Waals surface area contributed by atoms with Gasteiger partial charge in [0.2, 0.25) is 17.7 Å². The van der Waals surface area contributed by atoms with Gasteiger partial charge in [0.15, 0.2) is 0 Å². The number of likely N-dealkylation sites (tertiary alicyclic amines) is 1. The molecule has 1 saturated carbocycles. The second kappa shape index (κ2) is 12.0. The summed E-state index contributed by atoms with van der Waals surface area (Å²) in [7, 11) is 1.78.